The molecule has 0 amide bonds. The van der Waals surface area contributed by atoms with Gasteiger partial charge in [-0.05, 0) is 38.6 Å². The lowest BCUT2D eigenvalue weighted by atomic mass is 10.2. The molecule has 0 saturated carbocycles. The summed E-state index contributed by atoms with van der Waals surface area (Å²) in [6, 6.07) is 4.17. The summed E-state index contributed by atoms with van der Waals surface area (Å²) in [6.45, 7) is 6.52. The molecule has 1 aromatic rings. The standard InChI is InChI=1S/C15H25N3O2S/c1-15(2,3)20-13(19)11-17-14(16-4)18(5)9-8-12-7-6-10-21-12/h6-7,10H,8-9,11H2,1-5H3,(H,16,17). The van der Waals surface area contributed by atoms with Crippen molar-refractivity contribution in [1.29, 1.82) is 0 Å². The normalized spacial score (nSPS) is 12.1. The molecule has 1 N–H and O–H groups in total. The number of thiophene rings is 1. The SMILES string of the molecule is CN=C(NCC(=O)OC(C)(C)C)N(C)CCc1cccs1. The summed E-state index contributed by atoms with van der Waals surface area (Å²) in [7, 11) is 3.66. The highest BCUT2D eigenvalue weighted by atomic mass is 32.1. The third kappa shape index (κ3) is 7.13. The van der Waals surface area contributed by atoms with Gasteiger partial charge in [0.2, 0.25) is 0 Å². The minimum Gasteiger partial charge on any atom is -0.459 e. The monoisotopic (exact) mass is 311 g/mol. The van der Waals surface area contributed by atoms with Crippen molar-refractivity contribution in [2.24, 2.45) is 4.99 Å². The van der Waals surface area contributed by atoms with Gasteiger partial charge in [0.05, 0.1) is 0 Å². The molecule has 6 heteroatoms. The fraction of sp³-hybridized carbons (Fsp3) is 0.600. The smallest absolute Gasteiger partial charge is 0.325 e. The average molecular weight is 311 g/mol. The number of hydrogen-bond donors (Lipinski definition) is 1. The summed E-state index contributed by atoms with van der Waals surface area (Å²) in [5.74, 6) is 0.410. The summed E-state index contributed by atoms with van der Waals surface area (Å²) < 4.78 is 5.26. The maximum atomic E-state index is 11.7. The van der Waals surface area contributed by atoms with Gasteiger partial charge in [0.1, 0.15) is 12.1 Å². The van der Waals surface area contributed by atoms with Crippen LogP contribution in [0.3, 0.4) is 0 Å². The summed E-state index contributed by atoms with van der Waals surface area (Å²) in [5, 5.41) is 5.10. The first-order valence-corrected chi connectivity index (χ1v) is 7.86. The lowest BCUT2D eigenvalue weighted by molar-refractivity contribution is -0.153. The van der Waals surface area contributed by atoms with Gasteiger partial charge in [-0.25, -0.2) is 0 Å². The number of nitrogens with one attached hydrogen (secondary N) is 1. The van der Waals surface area contributed by atoms with Gasteiger partial charge in [-0.3, -0.25) is 9.79 Å². The number of hydrogen-bond acceptors (Lipinski definition) is 4. The third-order valence-electron chi connectivity index (χ3n) is 2.66. The van der Waals surface area contributed by atoms with Crippen molar-refractivity contribution in [3.05, 3.63) is 22.4 Å². The number of esters is 1. The van der Waals surface area contributed by atoms with Crippen molar-refractivity contribution in [3.63, 3.8) is 0 Å². The molecule has 0 unspecified atom stereocenters. The second kappa shape index (κ2) is 8.02. The maximum Gasteiger partial charge on any atom is 0.325 e. The van der Waals surface area contributed by atoms with Crippen LogP contribution in [-0.4, -0.2) is 49.6 Å². The van der Waals surface area contributed by atoms with E-state index in [1.54, 1.807) is 18.4 Å². The Kier molecular flexibility index (Phi) is 6.68. The topological polar surface area (TPSA) is 53.9 Å². The fourth-order valence-electron chi connectivity index (χ4n) is 1.75. The summed E-state index contributed by atoms with van der Waals surface area (Å²) in [4.78, 5) is 19.2. The van der Waals surface area contributed by atoms with Crippen LogP contribution < -0.4 is 5.32 Å². The van der Waals surface area contributed by atoms with E-state index in [-0.39, 0.29) is 12.5 Å². The minimum absolute atomic E-state index is 0.118. The first-order chi connectivity index (χ1) is 9.81. The van der Waals surface area contributed by atoms with E-state index >= 15 is 0 Å². The molecule has 0 aromatic carbocycles. The van der Waals surface area contributed by atoms with Crippen molar-refractivity contribution in [2.45, 2.75) is 32.8 Å². The molecule has 1 rings (SSSR count). The number of aliphatic imine (C=N–C) groups is 1. The second-order valence-electron chi connectivity index (χ2n) is 5.74. The van der Waals surface area contributed by atoms with E-state index in [2.05, 4.69) is 27.8 Å². The molecule has 0 aliphatic carbocycles. The molecule has 0 fully saturated rings. The van der Waals surface area contributed by atoms with E-state index in [1.165, 1.54) is 4.88 Å². The van der Waals surface area contributed by atoms with Crippen LogP contribution in [0.2, 0.25) is 0 Å². The molecule has 0 aliphatic heterocycles. The van der Waals surface area contributed by atoms with Gasteiger partial charge < -0.3 is 15.0 Å². The van der Waals surface area contributed by atoms with Gasteiger partial charge in [-0.2, -0.15) is 0 Å². The Labute approximate surface area is 131 Å². The zero-order chi connectivity index (χ0) is 15.9. The molecule has 1 aromatic heterocycles. The van der Waals surface area contributed by atoms with Gasteiger partial charge in [0.15, 0.2) is 5.96 Å². The van der Waals surface area contributed by atoms with Crippen LogP contribution in [-0.2, 0) is 16.0 Å². The Balaban J connectivity index is 2.38. The molecule has 0 atom stereocenters. The molecule has 0 bridgehead atoms. The predicted molar refractivity (Wildman–Crippen MR) is 87.9 cm³/mol. The summed E-state index contributed by atoms with van der Waals surface area (Å²) in [5.41, 5.74) is -0.465. The Morgan fingerprint density at radius 1 is 1.48 bits per heavy atom. The van der Waals surface area contributed by atoms with Crippen LogP contribution >= 0.6 is 11.3 Å². The molecule has 0 saturated heterocycles. The molecule has 0 radical (unpaired) electrons. The Morgan fingerprint density at radius 3 is 2.71 bits per heavy atom. The van der Waals surface area contributed by atoms with Crippen LogP contribution in [0.15, 0.2) is 22.5 Å². The van der Waals surface area contributed by atoms with Gasteiger partial charge in [-0.15, -0.1) is 11.3 Å². The molecular weight excluding hydrogens is 286 g/mol. The van der Waals surface area contributed by atoms with Crippen LogP contribution in [0.25, 0.3) is 0 Å². The molecule has 5 nitrogen and oxygen atoms in total. The third-order valence-corrected chi connectivity index (χ3v) is 3.59. The minimum atomic E-state index is -0.465. The quantitative estimate of drug-likeness (QED) is 0.514. The number of carbonyl (C=O) groups excluding carboxylic acids is 1. The zero-order valence-corrected chi connectivity index (χ0v) is 14.3. The molecule has 0 spiro atoms. The first kappa shape index (κ1) is 17.5. The van der Waals surface area contributed by atoms with Crippen molar-refractivity contribution in [1.82, 2.24) is 10.2 Å². The Bertz CT molecular complexity index is 464. The molecule has 1 heterocycles. The average Bonchev–Trinajstić information content (AvgIpc) is 2.88. The lowest BCUT2D eigenvalue weighted by Gasteiger charge is -2.23. The summed E-state index contributed by atoms with van der Waals surface area (Å²) in [6.07, 6.45) is 0.960. The van der Waals surface area contributed by atoms with E-state index < -0.39 is 5.60 Å². The molecule has 21 heavy (non-hydrogen) atoms. The van der Waals surface area contributed by atoms with E-state index in [0.717, 1.165) is 13.0 Å². The summed E-state index contributed by atoms with van der Waals surface area (Å²) >= 11 is 1.75. The van der Waals surface area contributed by atoms with Gasteiger partial charge in [0.25, 0.3) is 0 Å². The maximum absolute atomic E-state index is 11.7. The van der Waals surface area contributed by atoms with Gasteiger partial charge >= 0.3 is 5.97 Å². The van der Waals surface area contributed by atoms with E-state index in [1.807, 2.05) is 32.7 Å². The van der Waals surface area contributed by atoms with E-state index in [4.69, 9.17) is 4.74 Å². The van der Waals surface area contributed by atoms with E-state index in [0.29, 0.717) is 5.96 Å². The van der Waals surface area contributed by atoms with Crippen LogP contribution in [0.4, 0.5) is 0 Å². The van der Waals surface area contributed by atoms with Crippen molar-refractivity contribution < 1.29 is 9.53 Å². The highest BCUT2D eigenvalue weighted by Crippen LogP contribution is 2.09. The van der Waals surface area contributed by atoms with Crippen LogP contribution in [0, 0.1) is 0 Å². The number of ether oxygens (including phenoxy) is 1. The van der Waals surface area contributed by atoms with Crippen molar-refractivity contribution >= 4 is 23.3 Å². The molecule has 118 valence electrons. The van der Waals surface area contributed by atoms with Gasteiger partial charge in [0, 0.05) is 25.5 Å². The van der Waals surface area contributed by atoms with Crippen molar-refractivity contribution in [2.75, 3.05) is 27.2 Å². The number of carbonyl (C=O) groups is 1. The molecular formula is C15H25N3O2S. The Morgan fingerprint density at radius 2 is 2.19 bits per heavy atom. The predicted octanol–water partition coefficient (Wildman–Crippen LogP) is 2.14. The number of rotatable bonds is 5. The highest BCUT2D eigenvalue weighted by Gasteiger charge is 2.16. The van der Waals surface area contributed by atoms with Crippen molar-refractivity contribution in [3.8, 4) is 0 Å². The Hall–Kier alpha value is -1.56. The van der Waals surface area contributed by atoms with E-state index in [9.17, 15) is 4.79 Å². The van der Waals surface area contributed by atoms with Gasteiger partial charge in [-0.1, -0.05) is 6.07 Å². The largest absolute Gasteiger partial charge is 0.459 e. The first-order valence-electron chi connectivity index (χ1n) is 6.98. The number of guanidine groups is 1. The number of likely N-dealkylation sites (N-methyl/N-ethyl adjacent to an activating group) is 1. The van der Waals surface area contributed by atoms with Crippen LogP contribution in [0.5, 0.6) is 0 Å². The molecule has 0 aliphatic rings. The zero-order valence-electron chi connectivity index (χ0n) is 13.5. The van der Waals surface area contributed by atoms with Crippen LogP contribution in [0.1, 0.15) is 25.6 Å². The highest BCUT2D eigenvalue weighted by molar-refractivity contribution is 7.09. The lowest BCUT2D eigenvalue weighted by Crippen LogP contribution is -2.43. The fourth-order valence-corrected chi connectivity index (χ4v) is 2.45. The second-order valence-corrected chi connectivity index (χ2v) is 6.77. The number of nitrogens with zero attached hydrogens (tertiary/aromatic N) is 2.